The zero-order valence-electron chi connectivity index (χ0n) is 30.1. The Balaban J connectivity index is 0.000000204. The van der Waals surface area contributed by atoms with Crippen LogP contribution in [0.4, 0.5) is 43.7 Å². The van der Waals surface area contributed by atoms with Gasteiger partial charge in [-0.15, -0.1) is 0 Å². The number of halogens is 2. The number of anilines is 6. The summed E-state index contributed by atoms with van der Waals surface area (Å²) in [5.74, 6) is 1.32. The Morgan fingerprint density at radius 1 is 0.717 bits per heavy atom. The lowest BCUT2D eigenvalue weighted by Gasteiger charge is -2.14. The first kappa shape index (κ1) is 37.6. The fourth-order valence-corrected chi connectivity index (χ4v) is 5.09. The molecule has 0 fully saturated rings. The minimum absolute atomic E-state index is 0.0760. The highest BCUT2D eigenvalue weighted by atomic mass is 19.1. The van der Waals surface area contributed by atoms with E-state index in [9.17, 15) is 4.79 Å². The number of rotatable bonds is 13. The summed E-state index contributed by atoms with van der Waals surface area (Å²) in [4.78, 5) is 28.0. The molecule has 6 aromatic rings. The van der Waals surface area contributed by atoms with E-state index in [0.717, 1.165) is 17.0 Å². The van der Waals surface area contributed by atoms with Gasteiger partial charge in [-0.05, 0) is 45.2 Å². The van der Waals surface area contributed by atoms with Crippen molar-refractivity contribution in [3.8, 4) is 22.9 Å². The molecule has 16 nitrogen and oxygen atoms in total. The first-order chi connectivity index (χ1) is 25.6. The second-order valence-electron chi connectivity index (χ2n) is 11.3. The zero-order valence-corrected chi connectivity index (χ0v) is 30.1. The van der Waals surface area contributed by atoms with Crippen molar-refractivity contribution in [2.75, 3.05) is 56.6 Å². The third kappa shape index (κ3) is 8.79. The highest BCUT2D eigenvalue weighted by molar-refractivity contribution is 5.74. The number of aryl methyl sites for hydroxylation is 2. The summed E-state index contributed by atoms with van der Waals surface area (Å²) in [5, 5.41) is 23.0. The van der Waals surface area contributed by atoms with Gasteiger partial charge < -0.3 is 36.1 Å². The van der Waals surface area contributed by atoms with Crippen molar-refractivity contribution in [1.29, 1.82) is 0 Å². The molecule has 0 aliphatic heterocycles. The number of aromatic nitrogens is 8. The van der Waals surface area contributed by atoms with Crippen LogP contribution in [0.15, 0.2) is 61.2 Å². The van der Waals surface area contributed by atoms with Crippen LogP contribution >= 0.6 is 0 Å². The molecule has 53 heavy (non-hydrogen) atoms. The van der Waals surface area contributed by atoms with E-state index in [1.807, 2.05) is 20.9 Å². The van der Waals surface area contributed by atoms with Crippen LogP contribution in [0.2, 0.25) is 0 Å². The number of ether oxygens (including phenoxy) is 2. The predicted molar refractivity (Wildman–Crippen MR) is 197 cm³/mol. The van der Waals surface area contributed by atoms with Gasteiger partial charge in [0.15, 0.2) is 17.9 Å². The first-order valence-corrected chi connectivity index (χ1v) is 16.1. The van der Waals surface area contributed by atoms with E-state index in [1.165, 1.54) is 42.0 Å². The van der Waals surface area contributed by atoms with Crippen molar-refractivity contribution in [2.45, 2.75) is 20.4 Å². The monoisotopic (exact) mass is 727 g/mol. The van der Waals surface area contributed by atoms with Gasteiger partial charge in [0.25, 0.3) is 0 Å². The van der Waals surface area contributed by atoms with Gasteiger partial charge in [0.2, 0.25) is 11.9 Å². The third-order valence-electron chi connectivity index (χ3n) is 7.53. The Kier molecular flexibility index (Phi) is 12.1. The van der Waals surface area contributed by atoms with Gasteiger partial charge >= 0.3 is 0 Å². The maximum absolute atomic E-state index is 15.3. The number of aldehydes is 1. The van der Waals surface area contributed by atoms with Crippen LogP contribution in [0, 0.1) is 25.5 Å². The molecular formula is C35H39F2N13O3. The quantitative estimate of drug-likeness (QED) is 0.0962. The molecule has 0 bridgehead atoms. The average Bonchev–Trinajstić information content (AvgIpc) is 3.83. The third-order valence-corrected chi connectivity index (χ3v) is 7.53. The van der Waals surface area contributed by atoms with Gasteiger partial charge in [0.1, 0.15) is 34.5 Å². The number of carbonyl (C=O) groups excluding carboxylic acids is 1. The molecule has 2 aromatic carbocycles. The van der Waals surface area contributed by atoms with Crippen LogP contribution in [0.5, 0.6) is 11.5 Å². The van der Waals surface area contributed by atoms with Crippen LogP contribution in [0.1, 0.15) is 27.3 Å². The van der Waals surface area contributed by atoms with Crippen molar-refractivity contribution >= 4 is 41.2 Å². The lowest BCUT2D eigenvalue weighted by Crippen LogP contribution is -2.07. The highest BCUT2D eigenvalue weighted by Crippen LogP contribution is 2.33. The van der Waals surface area contributed by atoms with E-state index in [-0.39, 0.29) is 34.4 Å². The molecule has 0 saturated heterocycles. The number of hydrogen-bond acceptors (Lipinski definition) is 14. The second-order valence-corrected chi connectivity index (χ2v) is 11.3. The molecule has 18 heteroatoms. The van der Waals surface area contributed by atoms with Gasteiger partial charge in [-0.2, -0.15) is 20.2 Å². The number of carbonyl (C=O) groups is 1. The summed E-state index contributed by atoms with van der Waals surface area (Å²) in [6, 6.07) is 9.94. The van der Waals surface area contributed by atoms with Gasteiger partial charge in [-0.3, -0.25) is 4.79 Å². The second kappa shape index (κ2) is 17.0. The maximum atomic E-state index is 15.3. The summed E-state index contributed by atoms with van der Waals surface area (Å²) in [5.41, 5.74) is 3.40. The largest absolute Gasteiger partial charge is 0.494 e. The van der Waals surface area contributed by atoms with E-state index in [0.29, 0.717) is 41.7 Å². The number of nitrogens with zero attached hydrogens (tertiary/aromatic N) is 8. The molecule has 0 aliphatic rings. The van der Waals surface area contributed by atoms with Crippen molar-refractivity contribution in [3.05, 3.63) is 95.3 Å². The van der Waals surface area contributed by atoms with Crippen LogP contribution in [-0.2, 0) is 6.54 Å². The molecule has 0 radical (unpaired) electrons. The molecule has 4 heterocycles. The van der Waals surface area contributed by atoms with Crippen LogP contribution in [0.25, 0.3) is 11.4 Å². The summed E-state index contributed by atoms with van der Waals surface area (Å²) < 4.78 is 43.7. The fraction of sp³-hybridized carbons (Fsp3) is 0.229. The van der Waals surface area contributed by atoms with Crippen molar-refractivity contribution in [3.63, 3.8) is 0 Å². The van der Waals surface area contributed by atoms with E-state index < -0.39 is 11.6 Å². The van der Waals surface area contributed by atoms with Crippen LogP contribution in [-0.4, -0.2) is 81.1 Å². The summed E-state index contributed by atoms with van der Waals surface area (Å²) in [6.45, 7) is 4.29. The molecule has 4 aromatic heterocycles. The Morgan fingerprint density at radius 3 is 1.64 bits per heavy atom. The predicted octanol–water partition coefficient (Wildman–Crippen LogP) is 5.34. The molecule has 0 amide bonds. The number of methoxy groups -OCH3 is 2. The normalized spacial score (nSPS) is 10.6. The molecular weight excluding hydrogens is 688 g/mol. The van der Waals surface area contributed by atoms with Gasteiger partial charge in [0, 0.05) is 62.1 Å². The summed E-state index contributed by atoms with van der Waals surface area (Å²) >= 11 is 0. The lowest BCUT2D eigenvalue weighted by atomic mass is 10.2. The van der Waals surface area contributed by atoms with Crippen molar-refractivity contribution in [2.24, 2.45) is 0 Å². The Morgan fingerprint density at radius 2 is 1.21 bits per heavy atom. The molecule has 6 rings (SSSR count). The van der Waals surface area contributed by atoms with Gasteiger partial charge in [0.05, 0.1) is 43.6 Å². The summed E-state index contributed by atoms with van der Waals surface area (Å²) in [6.07, 6.45) is 6.83. The molecule has 0 unspecified atom stereocenters. The average molecular weight is 728 g/mol. The molecule has 0 atom stereocenters. The van der Waals surface area contributed by atoms with Crippen LogP contribution < -0.4 is 36.1 Å². The van der Waals surface area contributed by atoms with Gasteiger partial charge in [-0.1, -0.05) is 0 Å². The standard InChI is InChI=1S/C18H22FN7O.C17H17FN6O2/c1-11-7-15(21-3)25-18(23-11)24-13-5-6-14(27-4)17(16(13)19)26-10-12(8-20-2)9-22-26;1-10-6-14(19-2)23-17(21-10)22-12-4-5-13(26-3)16(15(12)18)24-8-11(9-25)7-20-24/h5-7,9-10,20H,8H2,1-4H3,(H2,21,23,24,25);4-9H,1-3H3,(H2,19,21,22,23). The minimum atomic E-state index is -0.610. The zero-order chi connectivity index (χ0) is 38.1. The molecule has 276 valence electrons. The number of benzene rings is 2. The summed E-state index contributed by atoms with van der Waals surface area (Å²) in [7, 11) is 8.26. The molecule has 0 saturated carbocycles. The van der Waals surface area contributed by atoms with E-state index in [1.54, 1.807) is 56.8 Å². The van der Waals surface area contributed by atoms with Gasteiger partial charge in [-0.25, -0.2) is 28.1 Å². The Bertz CT molecular complexity index is 2210. The lowest BCUT2D eigenvalue weighted by molar-refractivity contribution is 0.112. The Hall–Kier alpha value is -6.69. The number of nitrogens with one attached hydrogen (secondary N) is 5. The SMILES string of the molecule is CNCc1cnn(-c2c(OC)ccc(Nc3nc(C)cc(NC)n3)c2F)c1.CNc1cc(C)nc(Nc2ccc(OC)c(-n3cc(C=O)cn3)c2F)n1. The molecule has 0 aliphatic carbocycles. The van der Waals surface area contributed by atoms with Crippen molar-refractivity contribution in [1.82, 2.24) is 44.8 Å². The maximum Gasteiger partial charge on any atom is 0.229 e. The molecule has 5 N–H and O–H groups in total. The topological polar surface area (TPSA) is 183 Å². The highest BCUT2D eigenvalue weighted by Gasteiger charge is 2.20. The van der Waals surface area contributed by atoms with Crippen LogP contribution in [0.3, 0.4) is 0 Å². The van der Waals surface area contributed by atoms with E-state index >= 15 is 8.78 Å². The Labute approximate surface area is 304 Å². The van der Waals surface area contributed by atoms with Crippen molar-refractivity contribution < 1.29 is 23.0 Å². The molecule has 0 spiro atoms. The smallest absolute Gasteiger partial charge is 0.229 e. The fourth-order valence-electron chi connectivity index (χ4n) is 5.09. The number of hydrogen-bond donors (Lipinski definition) is 5. The minimum Gasteiger partial charge on any atom is -0.494 e. The van der Waals surface area contributed by atoms with E-state index in [2.05, 4.69) is 56.7 Å². The van der Waals surface area contributed by atoms with E-state index in [4.69, 9.17) is 9.47 Å². The first-order valence-electron chi connectivity index (χ1n) is 16.1.